The Morgan fingerprint density at radius 1 is 1.36 bits per heavy atom. The van der Waals surface area contributed by atoms with Crippen molar-refractivity contribution >= 4 is 11.9 Å². The van der Waals surface area contributed by atoms with Gasteiger partial charge in [0.25, 0.3) is 0 Å². The molecule has 0 rings (SSSR count). The molecular formula is C7H10F3NO3. The highest BCUT2D eigenvalue weighted by Gasteiger charge is 2.44. The monoisotopic (exact) mass is 213 g/mol. The summed E-state index contributed by atoms with van der Waals surface area (Å²) in [6.45, 7) is 2.38. The normalized spacial score (nSPS) is 15.8. The lowest BCUT2D eigenvalue weighted by Crippen LogP contribution is -2.55. The molecule has 0 saturated heterocycles. The predicted molar refractivity (Wildman–Crippen MR) is 40.5 cm³/mol. The molecule has 0 aliphatic heterocycles. The zero-order valence-corrected chi connectivity index (χ0v) is 7.60. The van der Waals surface area contributed by atoms with Crippen LogP contribution in [0.15, 0.2) is 0 Å². The van der Waals surface area contributed by atoms with Crippen LogP contribution in [0.5, 0.6) is 0 Å². The Morgan fingerprint density at radius 3 is 2.00 bits per heavy atom. The fourth-order valence-electron chi connectivity index (χ4n) is 0.615. The van der Waals surface area contributed by atoms with Gasteiger partial charge < -0.3 is 10.4 Å². The summed E-state index contributed by atoms with van der Waals surface area (Å²) in [5.74, 6) is -3.75. The third-order valence-electron chi connectivity index (χ3n) is 1.83. The molecule has 0 saturated carbocycles. The fourth-order valence-corrected chi connectivity index (χ4v) is 0.615. The SMILES string of the molecule is CC[C@](C)(NC(=O)C(F)(F)F)C(=O)O. The molecule has 0 aromatic carbocycles. The molecule has 0 aromatic heterocycles. The van der Waals surface area contributed by atoms with Gasteiger partial charge in [-0.25, -0.2) is 4.79 Å². The first-order valence-corrected chi connectivity index (χ1v) is 3.76. The summed E-state index contributed by atoms with van der Waals surface area (Å²) in [4.78, 5) is 21.0. The molecule has 2 N–H and O–H groups in total. The van der Waals surface area contributed by atoms with Crippen molar-refractivity contribution in [1.29, 1.82) is 0 Å². The van der Waals surface area contributed by atoms with E-state index in [-0.39, 0.29) is 6.42 Å². The molecule has 82 valence electrons. The molecule has 0 radical (unpaired) electrons. The second-order valence-electron chi connectivity index (χ2n) is 2.94. The van der Waals surface area contributed by atoms with Gasteiger partial charge in [-0.05, 0) is 13.3 Å². The number of halogens is 3. The first-order chi connectivity index (χ1) is 6.13. The van der Waals surface area contributed by atoms with Gasteiger partial charge in [0, 0.05) is 0 Å². The number of carboxylic acids is 1. The Bertz CT molecular complexity index is 251. The predicted octanol–water partition coefficient (Wildman–Crippen LogP) is 0.918. The zero-order chi connectivity index (χ0) is 11.6. The summed E-state index contributed by atoms with van der Waals surface area (Å²) in [7, 11) is 0. The molecule has 4 nitrogen and oxygen atoms in total. The van der Waals surface area contributed by atoms with E-state index in [4.69, 9.17) is 5.11 Å². The highest BCUT2D eigenvalue weighted by atomic mass is 19.4. The number of alkyl halides is 3. The summed E-state index contributed by atoms with van der Waals surface area (Å²) in [6.07, 6.45) is -5.20. The third-order valence-corrected chi connectivity index (χ3v) is 1.83. The first kappa shape index (κ1) is 12.7. The van der Waals surface area contributed by atoms with Crippen LogP contribution in [0.2, 0.25) is 0 Å². The van der Waals surface area contributed by atoms with Gasteiger partial charge in [-0.15, -0.1) is 0 Å². The number of hydrogen-bond donors (Lipinski definition) is 2. The largest absolute Gasteiger partial charge is 0.480 e. The van der Waals surface area contributed by atoms with Gasteiger partial charge in [0.2, 0.25) is 0 Å². The maximum absolute atomic E-state index is 11.8. The van der Waals surface area contributed by atoms with Crippen molar-refractivity contribution in [2.24, 2.45) is 0 Å². The molecule has 0 aliphatic carbocycles. The van der Waals surface area contributed by atoms with Crippen LogP contribution in [0.1, 0.15) is 20.3 Å². The Kier molecular flexibility index (Phi) is 3.50. The van der Waals surface area contributed by atoms with Crippen molar-refractivity contribution in [2.75, 3.05) is 0 Å². The van der Waals surface area contributed by atoms with Gasteiger partial charge >= 0.3 is 18.1 Å². The smallest absolute Gasteiger partial charge is 0.471 e. The topological polar surface area (TPSA) is 66.4 Å². The minimum atomic E-state index is -5.06. The quantitative estimate of drug-likeness (QED) is 0.732. The van der Waals surface area contributed by atoms with Crippen LogP contribution in [0.25, 0.3) is 0 Å². The summed E-state index contributed by atoms with van der Waals surface area (Å²) in [6, 6.07) is 0. The van der Waals surface area contributed by atoms with E-state index in [0.29, 0.717) is 0 Å². The van der Waals surface area contributed by atoms with Crippen LogP contribution < -0.4 is 5.32 Å². The number of carbonyl (C=O) groups is 2. The van der Waals surface area contributed by atoms with Crippen molar-refractivity contribution in [1.82, 2.24) is 5.32 Å². The fraction of sp³-hybridized carbons (Fsp3) is 0.714. The zero-order valence-electron chi connectivity index (χ0n) is 7.60. The lowest BCUT2D eigenvalue weighted by molar-refractivity contribution is -0.177. The van der Waals surface area contributed by atoms with E-state index in [2.05, 4.69) is 0 Å². The molecule has 0 unspecified atom stereocenters. The number of amides is 1. The van der Waals surface area contributed by atoms with Crippen LogP contribution >= 0.6 is 0 Å². The summed E-state index contributed by atoms with van der Waals surface area (Å²) < 4.78 is 35.3. The lowest BCUT2D eigenvalue weighted by Gasteiger charge is -2.24. The Hall–Kier alpha value is -1.27. The number of aliphatic carboxylic acids is 1. The molecule has 1 amide bonds. The second-order valence-corrected chi connectivity index (χ2v) is 2.94. The Labute approximate surface area is 78.1 Å². The van der Waals surface area contributed by atoms with Crippen molar-refractivity contribution < 1.29 is 27.9 Å². The molecule has 7 heteroatoms. The maximum atomic E-state index is 11.8. The number of nitrogens with one attached hydrogen (secondary N) is 1. The number of rotatable bonds is 3. The van der Waals surface area contributed by atoms with Gasteiger partial charge in [0.1, 0.15) is 5.54 Å². The number of hydrogen-bond acceptors (Lipinski definition) is 2. The molecule has 0 fully saturated rings. The maximum Gasteiger partial charge on any atom is 0.471 e. The average molecular weight is 213 g/mol. The molecule has 0 spiro atoms. The van der Waals surface area contributed by atoms with Crippen LogP contribution in [0, 0.1) is 0 Å². The van der Waals surface area contributed by atoms with Crippen LogP contribution in [-0.4, -0.2) is 28.7 Å². The molecule has 1 atom stereocenters. The third kappa shape index (κ3) is 2.90. The van der Waals surface area contributed by atoms with Gasteiger partial charge in [0.05, 0.1) is 0 Å². The van der Waals surface area contributed by atoms with E-state index in [1.165, 1.54) is 12.2 Å². The van der Waals surface area contributed by atoms with Crippen LogP contribution in [0.4, 0.5) is 13.2 Å². The van der Waals surface area contributed by atoms with Crippen molar-refractivity contribution in [3.63, 3.8) is 0 Å². The number of carboxylic acid groups (broad SMARTS) is 1. The molecule has 0 bridgehead atoms. The second kappa shape index (κ2) is 3.85. The lowest BCUT2D eigenvalue weighted by atomic mass is 9.99. The van der Waals surface area contributed by atoms with Gasteiger partial charge in [-0.3, -0.25) is 4.79 Å². The highest BCUT2D eigenvalue weighted by molar-refractivity contribution is 5.89. The Morgan fingerprint density at radius 2 is 1.79 bits per heavy atom. The molecule has 0 aromatic rings. The van der Waals surface area contributed by atoms with E-state index < -0.39 is 23.6 Å². The van der Waals surface area contributed by atoms with Crippen LogP contribution in [0.3, 0.4) is 0 Å². The molecule has 0 aliphatic rings. The van der Waals surface area contributed by atoms with Gasteiger partial charge in [-0.1, -0.05) is 6.92 Å². The van der Waals surface area contributed by atoms with Gasteiger partial charge in [0.15, 0.2) is 0 Å². The minimum Gasteiger partial charge on any atom is -0.480 e. The molecular weight excluding hydrogens is 203 g/mol. The molecule has 0 heterocycles. The molecule has 14 heavy (non-hydrogen) atoms. The van der Waals surface area contributed by atoms with Crippen molar-refractivity contribution in [2.45, 2.75) is 32.0 Å². The highest BCUT2D eigenvalue weighted by Crippen LogP contribution is 2.18. The van der Waals surface area contributed by atoms with Crippen LogP contribution in [-0.2, 0) is 9.59 Å². The van der Waals surface area contributed by atoms with Crippen molar-refractivity contribution in [3.8, 4) is 0 Å². The summed E-state index contributed by atoms with van der Waals surface area (Å²) >= 11 is 0. The van der Waals surface area contributed by atoms with E-state index in [0.717, 1.165) is 6.92 Å². The van der Waals surface area contributed by atoms with E-state index in [1.807, 2.05) is 0 Å². The van der Waals surface area contributed by atoms with E-state index in [9.17, 15) is 22.8 Å². The average Bonchev–Trinajstić information content (AvgIpc) is 2.02. The number of carbonyl (C=O) groups excluding carboxylic acids is 1. The van der Waals surface area contributed by atoms with Crippen molar-refractivity contribution in [3.05, 3.63) is 0 Å². The Balaban J connectivity index is 4.65. The van der Waals surface area contributed by atoms with E-state index >= 15 is 0 Å². The first-order valence-electron chi connectivity index (χ1n) is 3.76. The van der Waals surface area contributed by atoms with Gasteiger partial charge in [-0.2, -0.15) is 13.2 Å². The minimum absolute atomic E-state index is 0.135. The van der Waals surface area contributed by atoms with E-state index in [1.54, 1.807) is 0 Å². The summed E-state index contributed by atoms with van der Waals surface area (Å²) in [5, 5.41) is 9.98. The standard InChI is InChI=1S/C7H10F3NO3/c1-3-6(2,5(13)14)11-4(12)7(8,9)10/h3H2,1-2H3,(H,11,12)(H,13,14)/t6-/m0/s1. The summed E-state index contributed by atoms with van der Waals surface area (Å²) in [5.41, 5.74) is -1.88.